The van der Waals surface area contributed by atoms with Crippen LogP contribution in [0.25, 0.3) is 0 Å². The number of hydrogen-bond acceptors (Lipinski definition) is 4. The molecule has 0 aromatic heterocycles. The number of carbonyl (C=O) groups excluding carboxylic acids is 2. The van der Waals surface area contributed by atoms with Gasteiger partial charge in [0.2, 0.25) is 5.91 Å². The molecule has 2 amide bonds. The van der Waals surface area contributed by atoms with E-state index in [0.717, 1.165) is 31.5 Å². The van der Waals surface area contributed by atoms with Gasteiger partial charge in [-0.2, -0.15) is 0 Å². The number of nitrogens with two attached hydrogens (primary N) is 2. The predicted molar refractivity (Wildman–Crippen MR) is 81.7 cm³/mol. The van der Waals surface area contributed by atoms with Gasteiger partial charge in [-0.3, -0.25) is 14.5 Å². The van der Waals surface area contributed by atoms with Crippen molar-refractivity contribution in [2.75, 3.05) is 25.4 Å². The Morgan fingerprint density at radius 2 is 2.00 bits per heavy atom. The van der Waals surface area contributed by atoms with Crippen molar-refractivity contribution >= 4 is 17.5 Å². The Labute approximate surface area is 124 Å². The highest BCUT2D eigenvalue weighted by Gasteiger charge is 2.21. The molecule has 0 aliphatic carbocycles. The quantitative estimate of drug-likeness (QED) is 0.692. The molecule has 21 heavy (non-hydrogen) atoms. The van der Waals surface area contributed by atoms with Gasteiger partial charge < -0.3 is 16.8 Å². The van der Waals surface area contributed by atoms with Crippen molar-refractivity contribution in [3.8, 4) is 0 Å². The van der Waals surface area contributed by atoms with Crippen LogP contribution in [-0.2, 0) is 4.79 Å². The number of nitrogen functional groups attached to an aromatic ring is 1. The Balaban J connectivity index is 1.86. The maximum Gasteiger partial charge on any atom is 0.251 e. The van der Waals surface area contributed by atoms with Crippen LogP contribution in [0.5, 0.6) is 0 Å². The first-order valence-corrected chi connectivity index (χ1v) is 7.13. The van der Waals surface area contributed by atoms with E-state index >= 15 is 0 Å². The second kappa shape index (κ2) is 6.58. The summed E-state index contributed by atoms with van der Waals surface area (Å²) in [6.45, 7) is 3.73. The lowest BCUT2D eigenvalue weighted by molar-refractivity contribution is -0.119. The molecule has 1 heterocycles. The third kappa shape index (κ3) is 4.19. The summed E-state index contributed by atoms with van der Waals surface area (Å²) in [4.78, 5) is 25.1. The average Bonchev–Trinajstić information content (AvgIpc) is 2.43. The van der Waals surface area contributed by atoms with Gasteiger partial charge in [0.25, 0.3) is 5.91 Å². The monoisotopic (exact) mass is 290 g/mol. The van der Waals surface area contributed by atoms with E-state index in [4.69, 9.17) is 11.5 Å². The molecule has 1 aliphatic rings. The van der Waals surface area contributed by atoms with Crippen molar-refractivity contribution in [1.82, 2.24) is 10.2 Å². The molecule has 0 spiro atoms. The number of nitrogens with zero attached hydrogens (tertiary/aromatic N) is 1. The van der Waals surface area contributed by atoms with Crippen LogP contribution in [-0.4, -0.2) is 42.4 Å². The number of rotatable bonds is 4. The van der Waals surface area contributed by atoms with Crippen molar-refractivity contribution in [3.05, 3.63) is 29.3 Å². The molecule has 2 rings (SSSR count). The van der Waals surface area contributed by atoms with Crippen LogP contribution in [0.2, 0.25) is 0 Å². The number of piperidine rings is 1. The van der Waals surface area contributed by atoms with E-state index in [1.807, 2.05) is 17.9 Å². The van der Waals surface area contributed by atoms with Crippen molar-refractivity contribution in [1.29, 1.82) is 0 Å². The molecular formula is C15H22N4O2. The third-order valence-corrected chi connectivity index (χ3v) is 3.84. The number of carbonyl (C=O) groups is 2. The molecule has 1 aromatic rings. The van der Waals surface area contributed by atoms with Crippen LogP contribution >= 0.6 is 0 Å². The van der Waals surface area contributed by atoms with E-state index in [9.17, 15) is 9.59 Å². The van der Waals surface area contributed by atoms with Gasteiger partial charge >= 0.3 is 0 Å². The SMILES string of the molecule is Cc1ccc(C(=O)NC2CCN(CC(N)=O)CC2)cc1N. The van der Waals surface area contributed by atoms with Crippen molar-refractivity contribution in [2.24, 2.45) is 5.73 Å². The van der Waals surface area contributed by atoms with Gasteiger partial charge in [-0.1, -0.05) is 6.07 Å². The summed E-state index contributed by atoms with van der Waals surface area (Å²) < 4.78 is 0. The lowest BCUT2D eigenvalue weighted by Gasteiger charge is -2.31. The maximum atomic E-state index is 12.2. The standard InChI is InChI=1S/C15H22N4O2/c1-10-2-3-11(8-13(10)16)15(21)18-12-4-6-19(7-5-12)9-14(17)20/h2-3,8,12H,4-7,9,16H2,1H3,(H2,17,20)(H,18,21). The normalized spacial score (nSPS) is 16.6. The van der Waals surface area contributed by atoms with Gasteiger partial charge in [0.05, 0.1) is 6.54 Å². The highest BCUT2D eigenvalue weighted by atomic mass is 16.2. The van der Waals surface area contributed by atoms with E-state index < -0.39 is 0 Å². The molecule has 114 valence electrons. The fourth-order valence-corrected chi connectivity index (χ4v) is 2.51. The zero-order chi connectivity index (χ0) is 15.4. The van der Waals surface area contributed by atoms with Crippen molar-refractivity contribution in [2.45, 2.75) is 25.8 Å². The molecule has 1 fully saturated rings. The largest absolute Gasteiger partial charge is 0.398 e. The Kier molecular flexibility index (Phi) is 4.80. The predicted octanol–water partition coefficient (Wildman–Crippen LogP) is 0.257. The average molecular weight is 290 g/mol. The van der Waals surface area contributed by atoms with Crippen LogP contribution in [0.15, 0.2) is 18.2 Å². The van der Waals surface area contributed by atoms with Gasteiger partial charge in [-0.05, 0) is 37.5 Å². The number of benzene rings is 1. The lowest BCUT2D eigenvalue weighted by atomic mass is 10.0. The first-order valence-electron chi connectivity index (χ1n) is 7.13. The van der Waals surface area contributed by atoms with Gasteiger partial charge in [-0.15, -0.1) is 0 Å². The van der Waals surface area contributed by atoms with E-state index in [0.29, 0.717) is 11.3 Å². The van der Waals surface area contributed by atoms with E-state index in [1.165, 1.54) is 0 Å². The number of nitrogens with one attached hydrogen (secondary N) is 1. The van der Waals surface area contributed by atoms with Gasteiger partial charge in [-0.25, -0.2) is 0 Å². The van der Waals surface area contributed by atoms with Gasteiger partial charge in [0, 0.05) is 30.4 Å². The summed E-state index contributed by atoms with van der Waals surface area (Å²) in [6, 6.07) is 5.46. The molecule has 1 saturated heterocycles. The molecule has 6 heteroatoms. The summed E-state index contributed by atoms with van der Waals surface area (Å²) in [7, 11) is 0. The fourth-order valence-electron chi connectivity index (χ4n) is 2.51. The summed E-state index contributed by atoms with van der Waals surface area (Å²) in [5.74, 6) is -0.414. The molecule has 6 nitrogen and oxygen atoms in total. The molecule has 0 radical (unpaired) electrons. The number of amides is 2. The van der Waals surface area contributed by atoms with Crippen LogP contribution in [0, 0.1) is 6.92 Å². The second-order valence-corrected chi connectivity index (χ2v) is 5.56. The molecule has 1 aromatic carbocycles. The molecule has 1 aliphatic heterocycles. The highest BCUT2D eigenvalue weighted by Crippen LogP contribution is 2.14. The Bertz CT molecular complexity index is 536. The number of hydrogen-bond donors (Lipinski definition) is 3. The van der Waals surface area contributed by atoms with Gasteiger partial charge in [0.1, 0.15) is 0 Å². The first-order chi connectivity index (χ1) is 9.95. The maximum absolute atomic E-state index is 12.2. The Hall–Kier alpha value is -2.08. The molecule has 0 saturated carbocycles. The minimum atomic E-state index is -0.312. The van der Waals surface area contributed by atoms with Crippen molar-refractivity contribution in [3.63, 3.8) is 0 Å². The van der Waals surface area contributed by atoms with Crippen LogP contribution in [0.3, 0.4) is 0 Å². The molecular weight excluding hydrogens is 268 g/mol. The summed E-state index contributed by atoms with van der Waals surface area (Å²) >= 11 is 0. The van der Waals surface area contributed by atoms with Crippen LogP contribution in [0.1, 0.15) is 28.8 Å². The number of aryl methyl sites for hydroxylation is 1. The molecule has 0 bridgehead atoms. The minimum Gasteiger partial charge on any atom is -0.398 e. The molecule has 0 unspecified atom stereocenters. The number of likely N-dealkylation sites (tertiary alicyclic amines) is 1. The van der Waals surface area contributed by atoms with Crippen LogP contribution < -0.4 is 16.8 Å². The smallest absolute Gasteiger partial charge is 0.251 e. The van der Waals surface area contributed by atoms with E-state index in [1.54, 1.807) is 12.1 Å². The highest BCUT2D eigenvalue weighted by molar-refractivity contribution is 5.95. The first kappa shape index (κ1) is 15.3. The Morgan fingerprint density at radius 1 is 1.33 bits per heavy atom. The third-order valence-electron chi connectivity index (χ3n) is 3.84. The molecule has 0 atom stereocenters. The topological polar surface area (TPSA) is 101 Å². The fraction of sp³-hybridized carbons (Fsp3) is 0.467. The van der Waals surface area contributed by atoms with Crippen LogP contribution in [0.4, 0.5) is 5.69 Å². The summed E-state index contributed by atoms with van der Waals surface area (Å²) in [5.41, 5.74) is 13.2. The summed E-state index contributed by atoms with van der Waals surface area (Å²) in [6.07, 6.45) is 1.64. The summed E-state index contributed by atoms with van der Waals surface area (Å²) in [5, 5.41) is 3.02. The minimum absolute atomic E-state index is 0.102. The second-order valence-electron chi connectivity index (χ2n) is 5.56. The lowest BCUT2D eigenvalue weighted by Crippen LogP contribution is -2.46. The van der Waals surface area contributed by atoms with E-state index in [2.05, 4.69) is 5.32 Å². The van der Waals surface area contributed by atoms with Crippen molar-refractivity contribution < 1.29 is 9.59 Å². The zero-order valence-corrected chi connectivity index (χ0v) is 12.3. The van der Waals surface area contributed by atoms with E-state index in [-0.39, 0.29) is 24.4 Å². The molecule has 5 N–H and O–H groups in total. The zero-order valence-electron chi connectivity index (χ0n) is 12.3. The number of anilines is 1. The van der Waals surface area contributed by atoms with Gasteiger partial charge in [0.15, 0.2) is 0 Å². The Morgan fingerprint density at radius 3 is 2.57 bits per heavy atom. The number of primary amides is 1.